The standard InChI is InChI=1S/C22H18F2N4O2/c23-13-1-6-18(24)17(11-13)22(8-9-22)21(29)27-14-2-4-15(5-3-14)28-12-26-20-16(19(28)25)7-10-30-20/h1-7,10-12,19H,8-9,25H2,(H,27,29). The minimum absolute atomic E-state index is 0.100. The minimum Gasteiger partial charge on any atom is -0.446 e. The van der Waals surface area contributed by atoms with Gasteiger partial charge in [-0.15, -0.1) is 0 Å². The van der Waals surface area contributed by atoms with Gasteiger partial charge in [0.05, 0.1) is 17.2 Å². The number of amides is 1. The van der Waals surface area contributed by atoms with Crippen LogP contribution in [0, 0.1) is 11.6 Å². The first-order chi connectivity index (χ1) is 14.5. The number of halogens is 2. The van der Waals surface area contributed by atoms with E-state index in [9.17, 15) is 13.6 Å². The zero-order chi connectivity index (χ0) is 20.9. The predicted molar refractivity (Wildman–Crippen MR) is 109 cm³/mol. The lowest BCUT2D eigenvalue weighted by atomic mass is 9.94. The lowest BCUT2D eigenvalue weighted by molar-refractivity contribution is -0.118. The summed E-state index contributed by atoms with van der Waals surface area (Å²) in [6.45, 7) is 0. The molecule has 1 amide bonds. The maximum absolute atomic E-state index is 14.2. The van der Waals surface area contributed by atoms with E-state index in [1.807, 2.05) is 0 Å². The second-order valence-corrected chi connectivity index (χ2v) is 7.49. The van der Waals surface area contributed by atoms with Gasteiger partial charge in [0, 0.05) is 16.9 Å². The molecule has 6 nitrogen and oxygen atoms in total. The Bertz CT molecular complexity index is 1150. The molecule has 30 heavy (non-hydrogen) atoms. The van der Waals surface area contributed by atoms with Gasteiger partial charge in [0.2, 0.25) is 11.8 Å². The fourth-order valence-corrected chi connectivity index (χ4v) is 3.78. The van der Waals surface area contributed by atoms with Gasteiger partial charge in [-0.3, -0.25) is 4.79 Å². The molecule has 8 heteroatoms. The Morgan fingerprint density at radius 2 is 1.93 bits per heavy atom. The normalized spacial score (nSPS) is 18.8. The molecule has 0 spiro atoms. The van der Waals surface area contributed by atoms with Gasteiger partial charge in [-0.25, -0.2) is 13.8 Å². The summed E-state index contributed by atoms with van der Waals surface area (Å²) < 4.78 is 33.1. The Morgan fingerprint density at radius 1 is 1.17 bits per heavy atom. The molecule has 3 aromatic rings. The summed E-state index contributed by atoms with van der Waals surface area (Å²) in [7, 11) is 0. The van der Waals surface area contributed by atoms with Crippen LogP contribution in [0.15, 0.2) is 64.2 Å². The molecule has 1 aliphatic carbocycles. The Hall–Kier alpha value is -3.52. The average Bonchev–Trinajstić information content (AvgIpc) is 3.41. The predicted octanol–water partition coefficient (Wildman–Crippen LogP) is 4.37. The number of nitrogens with one attached hydrogen (secondary N) is 1. The quantitative estimate of drug-likeness (QED) is 0.672. The van der Waals surface area contributed by atoms with Gasteiger partial charge in [-0.2, -0.15) is 0 Å². The fourth-order valence-electron chi connectivity index (χ4n) is 3.78. The third-order valence-corrected chi connectivity index (χ3v) is 5.64. The number of benzene rings is 2. The summed E-state index contributed by atoms with van der Waals surface area (Å²) in [4.78, 5) is 18.9. The molecule has 1 saturated carbocycles. The minimum atomic E-state index is -1.02. The second-order valence-electron chi connectivity index (χ2n) is 7.49. The van der Waals surface area contributed by atoms with E-state index in [-0.39, 0.29) is 11.5 Å². The van der Waals surface area contributed by atoms with E-state index >= 15 is 0 Å². The fraction of sp³-hybridized carbons (Fsp3) is 0.182. The van der Waals surface area contributed by atoms with E-state index in [4.69, 9.17) is 10.2 Å². The van der Waals surface area contributed by atoms with Crippen LogP contribution in [0.25, 0.3) is 0 Å². The molecule has 2 aromatic carbocycles. The molecule has 1 aromatic heterocycles. The Kier molecular flexibility index (Phi) is 4.18. The third-order valence-electron chi connectivity index (χ3n) is 5.64. The van der Waals surface area contributed by atoms with Crippen LogP contribution in [0.4, 0.5) is 26.0 Å². The van der Waals surface area contributed by atoms with Gasteiger partial charge in [0.1, 0.15) is 24.1 Å². The summed E-state index contributed by atoms with van der Waals surface area (Å²) in [6.07, 6.45) is 3.64. The first-order valence-electron chi connectivity index (χ1n) is 9.50. The first kappa shape index (κ1) is 18.5. The number of nitrogens with two attached hydrogens (primary N) is 1. The van der Waals surface area contributed by atoms with Crippen molar-refractivity contribution in [1.82, 2.24) is 0 Å². The van der Waals surface area contributed by atoms with Crippen LogP contribution < -0.4 is 16.0 Å². The van der Waals surface area contributed by atoms with Crippen molar-refractivity contribution in [3.8, 4) is 0 Å². The van der Waals surface area contributed by atoms with Crippen molar-refractivity contribution in [2.45, 2.75) is 24.4 Å². The van der Waals surface area contributed by atoms with Crippen molar-refractivity contribution in [3.63, 3.8) is 0 Å². The monoisotopic (exact) mass is 408 g/mol. The molecule has 0 radical (unpaired) electrons. The van der Waals surface area contributed by atoms with E-state index in [1.54, 1.807) is 47.8 Å². The largest absolute Gasteiger partial charge is 0.446 e. The van der Waals surface area contributed by atoms with Crippen LogP contribution in [0.5, 0.6) is 0 Å². The molecule has 5 rings (SSSR count). The number of aliphatic imine (C=N–C) groups is 1. The molecule has 1 atom stereocenters. The maximum atomic E-state index is 14.2. The summed E-state index contributed by atoms with van der Waals surface area (Å²) >= 11 is 0. The number of nitrogens with zero attached hydrogens (tertiary/aromatic N) is 2. The van der Waals surface area contributed by atoms with E-state index < -0.39 is 23.2 Å². The number of fused-ring (bicyclic) bond motifs is 1. The number of carbonyl (C=O) groups is 1. The molecule has 2 heterocycles. The highest BCUT2D eigenvalue weighted by Gasteiger charge is 2.53. The summed E-state index contributed by atoms with van der Waals surface area (Å²) in [6, 6.07) is 12.1. The zero-order valence-corrected chi connectivity index (χ0v) is 15.8. The van der Waals surface area contributed by atoms with Crippen molar-refractivity contribution < 1.29 is 18.0 Å². The van der Waals surface area contributed by atoms with E-state index in [1.165, 1.54) is 0 Å². The molecule has 1 aliphatic heterocycles. The highest BCUT2D eigenvalue weighted by atomic mass is 19.1. The third kappa shape index (κ3) is 2.96. The number of anilines is 2. The lowest BCUT2D eigenvalue weighted by Crippen LogP contribution is -2.35. The van der Waals surface area contributed by atoms with Crippen LogP contribution in [0.1, 0.15) is 30.1 Å². The van der Waals surface area contributed by atoms with E-state index in [0.29, 0.717) is 24.4 Å². The molecule has 3 N–H and O–H groups in total. The van der Waals surface area contributed by atoms with Gasteiger partial charge < -0.3 is 20.4 Å². The van der Waals surface area contributed by atoms with Crippen molar-refractivity contribution in [2.75, 3.05) is 10.2 Å². The number of carbonyl (C=O) groups excluding carboxylic acids is 1. The zero-order valence-electron chi connectivity index (χ0n) is 15.8. The number of hydrogen-bond donors (Lipinski definition) is 2. The molecule has 152 valence electrons. The van der Waals surface area contributed by atoms with E-state index in [0.717, 1.165) is 29.4 Å². The van der Waals surface area contributed by atoms with Crippen LogP contribution >= 0.6 is 0 Å². The summed E-state index contributed by atoms with van der Waals surface area (Å²) in [5.74, 6) is -0.993. The summed E-state index contributed by atoms with van der Waals surface area (Å²) in [5.41, 5.74) is 7.48. The van der Waals surface area contributed by atoms with Gasteiger partial charge >= 0.3 is 0 Å². The van der Waals surface area contributed by atoms with Gasteiger partial charge in [0.15, 0.2) is 0 Å². The van der Waals surface area contributed by atoms with Gasteiger partial charge in [-0.05, 0) is 61.4 Å². The second kappa shape index (κ2) is 6.77. The Balaban J connectivity index is 1.33. The van der Waals surface area contributed by atoms with Crippen molar-refractivity contribution in [2.24, 2.45) is 10.7 Å². The molecule has 0 bridgehead atoms. The molecular formula is C22H18F2N4O2. The molecule has 2 aliphatic rings. The average molecular weight is 408 g/mol. The SMILES string of the molecule is NC1c2ccoc2N=CN1c1ccc(NC(=O)C2(c3cc(F)ccc3F)CC2)cc1. The van der Waals surface area contributed by atoms with Crippen molar-refractivity contribution in [3.05, 3.63) is 77.6 Å². The lowest BCUT2D eigenvalue weighted by Gasteiger charge is -2.29. The van der Waals surface area contributed by atoms with Gasteiger partial charge in [0.25, 0.3) is 0 Å². The number of furan rings is 1. The van der Waals surface area contributed by atoms with Gasteiger partial charge in [-0.1, -0.05) is 0 Å². The van der Waals surface area contributed by atoms with Crippen molar-refractivity contribution >= 4 is 29.5 Å². The maximum Gasteiger partial charge on any atom is 0.235 e. The van der Waals surface area contributed by atoms with Crippen LogP contribution in [0.3, 0.4) is 0 Å². The van der Waals surface area contributed by atoms with Crippen LogP contribution in [0.2, 0.25) is 0 Å². The molecule has 1 fully saturated rings. The van der Waals surface area contributed by atoms with Crippen LogP contribution in [-0.4, -0.2) is 12.2 Å². The Morgan fingerprint density at radius 3 is 2.67 bits per heavy atom. The molecular weight excluding hydrogens is 390 g/mol. The highest BCUT2D eigenvalue weighted by Crippen LogP contribution is 2.50. The Labute approximate surface area is 171 Å². The topological polar surface area (TPSA) is 83.9 Å². The number of rotatable bonds is 4. The summed E-state index contributed by atoms with van der Waals surface area (Å²) in [5, 5.41) is 2.82. The highest BCUT2D eigenvalue weighted by molar-refractivity contribution is 6.01. The number of hydrogen-bond acceptors (Lipinski definition) is 5. The van der Waals surface area contributed by atoms with Crippen molar-refractivity contribution in [1.29, 1.82) is 0 Å². The molecule has 0 saturated heterocycles. The van der Waals surface area contributed by atoms with Crippen LogP contribution in [-0.2, 0) is 10.2 Å². The molecule has 1 unspecified atom stereocenters. The first-order valence-corrected chi connectivity index (χ1v) is 9.50. The smallest absolute Gasteiger partial charge is 0.235 e. The van der Waals surface area contributed by atoms with E-state index in [2.05, 4.69) is 10.3 Å².